The normalized spacial score (nSPS) is 18.2. The Morgan fingerprint density at radius 3 is 2.34 bits per heavy atom. The van der Waals surface area contributed by atoms with E-state index >= 15 is 4.39 Å². The van der Waals surface area contributed by atoms with Crippen LogP contribution in [0.15, 0.2) is 23.1 Å². The number of aromatic nitrogens is 1. The van der Waals surface area contributed by atoms with Gasteiger partial charge in [-0.1, -0.05) is 32.1 Å². The summed E-state index contributed by atoms with van der Waals surface area (Å²) < 4.78 is 55.8. The van der Waals surface area contributed by atoms with Crippen LogP contribution in [-0.4, -0.2) is 38.5 Å². The monoisotopic (exact) mass is 515 g/mol. The minimum Gasteiger partial charge on any atom is -0.380 e. The van der Waals surface area contributed by atoms with Crippen LogP contribution >= 0.6 is 7.60 Å². The molecule has 8 nitrogen and oxygen atoms in total. The summed E-state index contributed by atoms with van der Waals surface area (Å²) in [6.45, 7) is 0. The Morgan fingerprint density at radius 1 is 1.09 bits per heavy atom. The highest BCUT2D eigenvalue weighted by Crippen LogP contribution is 2.39. The van der Waals surface area contributed by atoms with Gasteiger partial charge >= 0.3 is 13.6 Å². The second kappa shape index (κ2) is 9.95. The predicted octanol–water partition coefficient (Wildman–Crippen LogP) is 4.50. The van der Waals surface area contributed by atoms with E-state index in [9.17, 15) is 22.9 Å². The van der Waals surface area contributed by atoms with Crippen molar-refractivity contribution >= 4 is 30.1 Å². The van der Waals surface area contributed by atoms with E-state index in [1.807, 2.05) is 0 Å². The molecule has 0 aliphatic heterocycles. The van der Waals surface area contributed by atoms with Crippen LogP contribution in [0.25, 0.3) is 10.9 Å². The van der Waals surface area contributed by atoms with Crippen LogP contribution < -0.4 is 16.1 Å². The summed E-state index contributed by atoms with van der Waals surface area (Å²) in [6.07, 6.45) is 7.67. The minimum atomic E-state index is -5.15. The Kier molecular flexibility index (Phi) is 7.31. The van der Waals surface area contributed by atoms with Crippen molar-refractivity contribution < 1.29 is 32.3 Å². The number of carbonyl (C=O) groups excluding carboxylic acids is 1. The van der Waals surface area contributed by atoms with Crippen molar-refractivity contribution in [2.24, 2.45) is 0 Å². The van der Waals surface area contributed by atoms with Gasteiger partial charge in [0, 0.05) is 23.7 Å². The maximum absolute atomic E-state index is 15.0. The zero-order chi connectivity index (χ0) is 25.4. The number of fused-ring (bicyclic) bond motifs is 1. The lowest BCUT2D eigenvalue weighted by molar-refractivity contribution is -0.00957. The molecule has 1 amide bonds. The molecule has 35 heavy (non-hydrogen) atoms. The summed E-state index contributed by atoms with van der Waals surface area (Å²) >= 11 is 0. The summed E-state index contributed by atoms with van der Waals surface area (Å²) in [5.74, 6) is -2.16. The minimum absolute atomic E-state index is 0.103. The number of carbonyl (C=O) groups is 1. The standard InChI is InChI=1S/C23H29F3N3O5P/c24-18-10-16-20(11-19(18)27-14-6-2-1-3-7-14)29(15-8-4-5-9-15)12-17(21(16)30)22(31)28-23(25,26)13-35(32,33)34/h10-12,14-15,27H,1-9,13H2,(H,28,31)(H2,32,33,34). The highest BCUT2D eigenvalue weighted by atomic mass is 31.2. The number of anilines is 1. The van der Waals surface area contributed by atoms with Gasteiger partial charge in [-0.25, -0.2) is 4.39 Å². The van der Waals surface area contributed by atoms with Crippen molar-refractivity contribution in [3.63, 3.8) is 0 Å². The highest BCUT2D eigenvalue weighted by Gasteiger charge is 2.39. The van der Waals surface area contributed by atoms with Gasteiger partial charge in [-0.05, 0) is 37.8 Å². The molecule has 2 aromatic rings. The first kappa shape index (κ1) is 25.7. The average Bonchev–Trinajstić information content (AvgIpc) is 3.28. The highest BCUT2D eigenvalue weighted by molar-refractivity contribution is 7.51. The molecule has 0 radical (unpaired) electrons. The molecule has 1 aromatic heterocycles. The molecule has 0 unspecified atom stereocenters. The van der Waals surface area contributed by atoms with E-state index < -0.39 is 42.5 Å². The molecular weight excluding hydrogens is 486 g/mol. The number of nitrogens with one attached hydrogen (secondary N) is 2. The number of hydrogen-bond acceptors (Lipinski definition) is 4. The van der Waals surface area contributed by atoms with E-state index in [0.29, 0.717) is 5.52 Å². The number of amides is 1. The Hall–Kier alpha value is -2.36. The van der Waals surface area contributed by atoms with Gasteiger partial charge in [-0.15, -0.1) is 0 Å². The number of pyridine rings is 1. The van der Waals surface area contributed by atoms with Crippen LogP contribution in [0.2, 0.25) is 0 Å². The number of halogens is 3. The van der Waals surface area contributed by atoms with E-state index in [0.717, 1.165) is 63.9 Å². The van der Waals surface area contributed by atoms with Crippen LogP contribution in [0, 0.1) is 5.82 Å². The SMILES string of the molecule is O=C(NC(F)(F)CP(=O)(O)O)c1cn(C2CCCC2)c2cc(NC3CCCCC3)c(F)cc2c1=O. The zero-order valence-corrected chi connectivity index (χ0v) is 20.0. The molecule has 2 saturated carbocycles. The maximum Gasteiger partial charge on any atom is 0.337 e. The van der Waals surface area contributed by atoms with Gasteiger partial charge < -0.3 is 19.7 Å². The molecule has 1 aromatic carbocycles. The Bertz CT molecular complexity index is 1220. The first-order chi connectivity index (χ1) is 16.4. The van der Waals surface area contributed by atoms with E-state index in [-0.39, 0.29) is 23.2 Å². The van der Waals surface area contributed by atoms with Gasteiger partial charge in [-0.3, -0.25) is 19.5 Å². The summed E-state index contributed by atoms with van der Waals surface area (Å²) in [6, 6.07) is -1.66. The third-order valence-electron chi connectivity index (χ3n) is 6.75. The molecule has 0 saturated heterocycles. The summed E-state index contributed by atoms with van der Waals surface area (Å²) in [4.78, 5) is 43.5. The largest absolute Gasteiger partial charge is 0.380 e. The van der Waals surface area contributed by atoms with E-state index in [2.05, 4.69) is 5.32 Å². The molecule has 2 aliphatic rings. The molecule has 2 fully saturated rings. The Balaban J connectivity index is 1.76. The van der Waals surface area contributed by atoms with E-state index in [1.54, 1.807) is 10.6 Å². The fraction of sp³-hybridized carbons (Fsp3) is 0.565. The molecule has 12 heteroatoms. The average molecular weight is 515 g/mol. The van der Waals surface area contributed by atoms with Crippen LogP contribution in [0.1, 0.15) is 74.2 Å². The van der Waals surface area contributed by atoms with Crippen molar-refractivity contribution in [3.8, 4) is 0 Å². The smallest absolute Gasteiger partial charge is 0.337 e. The van der Waals surface area contributed by atoms with Crippen LogP contribution in [0.4, 0.5) is 18.9 Å². The lowest BCUT2D eigenvalue weighted by Gasteiger charge is -2.25. The van der Waals surface area contributed by atoms with Crippen molar-refractivity contribution in [1.29, 1.82) is 0 Å². The van der Waals surface area contributed by atoms with Crippen molar-refractivity contribution in [3.05, 3.63) is 39.9 Å². The number of alkyl halides is 2. The first-order valence-corrected chi connectivity index (χ1v) is 13.6. The fourth-order valence-corrected chi connectivity index (χ4v) is 5.72. The summed E-state index contributed by atoms with van der Waals surface area (Å²) in [5, 5.41) is 4.36. The molecule has 4 N–H and O–H groups in total. The zero-order valence-electron chi connectivity index (χ0n) is 19.1. The number of rotatable bonds is 7. The van der Waals surface area contributed by atoms with Gasteiger partial charge in [-0.2, -0.15) is 8.78 Å². The molecular formula is C23H29F3N3O5P. The van der Waals surface area contributed by atoms with Gasteiger partial charge in [0.15, 0.2) is 0 Å². The topological polar surface area (TPSA) is 121 Å². The Morgan fingerprint density at radius 2 is 1.71 bits per heavy atom. The molecule has 192 valence electrons. The van der Waals surface area contributed by atoms with Gasteiger partial charge in [0.05, 0.1) is 11.2 Å². The number of hydrogen-bond donors (Lipinski definition) is 4. The summed E-state index contributed by atoms with van der Waals surface area (Å²) in [7, 11) is -5.15. The lowest BCUT2D eigenvalue weighted by Crippen LogP contribution is -2.45. The predicted molar refractivity (Wildman–Crippen MR) is 125 cm³/mol. The third-order valence-corrected chi connectivity index (χ3v) is 7.56. The van der Waals surface area contributed by atoms with Crippen LogP contribution in [0.3, 0.4) is 0 Å². The molecule has 2 aliphatic carbocycles. The van der Waals surface area contributed by atoms with Gasteiger partial charge in [0.25, 0.3) is 5.91 Å². The first-order valence-electron chi connectivity index (χ1n) is 11.8. The number of benzene rings is 1. The van der Waals surface area contributed by atoms with E-state index in [1.165, 1.54) is 11.5 Å². The fourth-order valence-electron chi connectivity index (χ4n) is 5.13. The van der Waals surface area contributed by atoms with Gasteiger partial charge in [0.1, 0.15) is 17.5 Å². The second-order valence-corrected chi connectivity index (χ2v) is 11.2. The third kappa shape index (κ3) is 6.08. The van der Waals surface area contributed by atoms with Crippen molar-refractivity contribution in [2.75, 3.05) is 11.5 Å². The quantitative estimate of drug-likeness (QED) is 0.318. The number of nitrogens with zero attached hydrogens (tertiary/aromatic N) is 1. The Labute approximate surface area is 200 Å². The molecule has 0 atom stereocenters. The molecule has 4 rings (SSSR count). The molecule has 1 heterocycles. The van der Waals surface area contributed by atoms with Gasteiger partial charge in [0.2, 0.25) is 5.43 Å². The second-order valence-electron chi connectivity index (χ2n) is 9.53. The van der Waals surface area contributed by atoms with Crippen LogP contribution in [0.5, 0.6) is 0 Å². The lowest BCUT2D eigenvalue weighted by atomic mass is 9.95. The molecule has 0 bridgehead atoms. The van der Waals surface area contributed by atoms with Crippen molar-refractivity contribution in [1.82, 2.24) is 9.88 Å². The summed E-state index contributed by atoms with van der Waals surface area (Å²) in [5.41, 5.74) is -0.912. The maximum atomic E-state index is 15.0. The van der Waals surface area contributed by atoms with E-state index in [4.69, 9.17) is 9.79 Å². The van der Waals surface area contributed by atoms with Crippen LogP contribution in [-0.2, 0) is 4.57 Å². The van der Waals surface area contributed by atoms with Crippen molar-refractivity contribution in [2.45, 2.75) is 75.9 Å². The molecule has 0 spiro atoms.